The maximum atomic E-state index is 12.9. The van der Waals surface area contributed by atoms with E-state index in [1.807, 2.05) is 61.0 Å². The van der Waals surface area contributed by atoms with E-state index < -0.39 is 0 Å². The molecule has 2 heterocycles. The number of hydrogen-bond donors (Lipinski definition) is 2. The summed E-state index contributed by atoms with van der Waals surface area (Å²) >= 11 is 0. The van der Waals surface area contributed by atoms with Crippen molar-refractivity contribution in [1.82, 2.24) is 14.7 Å². The smallest absolute Gasteiger partial charge is 0.251 e. The number of Topliss-reactive ketones (excluding diaryl/α,β-unsaturated/α-hetero) is 1. The highest BCUT2D eigenvalue weighted by atomic mass is 16.5. The first-order valence-electron chi connectivity index (χ1n) is 12.5. The molecular weight excluding hydrogens is 480 g/mol. The van der Waals surface area contributed by atoms with Crippen LogP contribution in [0, 0.1) is 11.3 Å². The number of aliphatic hydroxyl groups is 1. The minimum absolute atomic E-state index is 0.0382. The van der Waals surface area contributed by atoms with Crippen LogP contribution in [-0.4, -0.2) is 44.9 Å². The molecule has 0 saturated heterocycles. The number of fused-ring (bicyclic) bond motifs is 1. The third kappa shape index (κ3) is 6.07. The lowest BCUT2D eigenvalue weighted by Crippen LogP contribution is -2.37. The summed E-state index contributed by atoms with van der Waals surface area (Å²) in [6, 6.07) is 18.0. The van der Waals surface area contributed by atoms with Gasteiger partial charge in [0.05, 0.1) is 22.9 Å². The van der Waals surface area contributed by atoms with E-state index in [1.54, 1.807) is 18.2 Å². The van der Waals surface area contributed by atoms with E-state index >= 15 is 0 Å². The fraction of sp³-hybridized carbons (Fsp3) is 0.267. The number of hydrogen-bond acceptors (Lipinski definition) is 6. The number of aliphatic hydroxyl groups excluding tert-OH is 1. The Balaban J connectivity index is 1.48. The molecular formula is C30H30N4O4. The predicted octanol–water partition coefficient (Wildman–Crippen LogP) is 4.59. The van der Waals surface area contributed by atoms with E-state index in [9.17, 15) is 20.0 Å². The predicted molar refractivity (Wildman–Crippen MR) is 144 cm³/mol. The number of ketones is 1. The van der Waals surface area contributed by atoms with E-state index in [0.29, 0.717) is 40.9 Å². The normalized spacial score (nSPS) is 11.8. The Morgan fingerprint density at radius 2 is 1.92 bits per heavy atom. The van der Waals surface area contributed by atoms with Crippen LogP contribution < -0.4 is 10.1 Å². The number of imidazole rings is 1. The SMILES string of the molecule is CC(=O)c1cccn2cc(-c3ccc(C[C@@H](CCO)NC(=O)c4ccc(OC(C)C)c(C#N)c4)cc3)nc12. The first-order chi connectivity index (χ1) is 18.3. The maximum absolute atomic E-state index is 12.9. The quantitative estimate of drug-likeness (QED) is 0.302. The average Bonchev–Trinajstić information content (AvgIpc) is 3.33. The van der Waals surface area contributed by atoms with Crippen LogP contribution in [0.2, 0.25) is 0 Å². The van der Waals surface area contributed by atoms with Gasteiger partial charge in [0.2, 0.25) is 0 Å². The maximum Gasteiger partial charge on any atom is 0.251 e. The fourth-order valence-electron chi connectivity index (χ4n) is 4.29. The number of pyridine rings is 1. The monoisotopic (exact) mass is 510 g/mol. The van der Waals surface area contributed by atoms with Gasteiger partial charge in [-0.05, 0) is 69.5 Å². The average molecular weight is 511 g/mol. The number of ether oxygens (including phenoxy) is 1. The van der Waals surface area contributed by atoms with Crippen molar-refractivity contribution in [2.75, 3.05) is 6.61 Å². The van der Waals surface area contributed by atoms with Gasteiger partial charge in [-0.1, -0.05) is 24.3 Å². The second-order valence-electron chi connectivity index (χ2n) is 9.41. The number of nitriles is 1. The molecule has 38 heavy (non-hydrogen) atoms. The summed E-state index contributed by atoms with van der Waals surface area (Å²) in [6.07, 6.45) is 4.56. The molecule has 0 aliphatic heterocycles. The highest BCUT2D eigenvalue weighted by molar-refractivity contribution is 6.00. The lowest BCUT2D eigenvalue weighted by molar-refractivity contribution is 0.0929. The second kappa shape index (κ2) is 11.7. The van der Waals surface area contributed by atoms with Crippen LogP contribution in [0.5, 0.6) is 5.75 Å². The Hall–Kier alpha value is -4.48. The Bertz CT molecular complexity index is 1500. The first kappa shape index (κ1) is 26.6. The molecule has 2 aromatic heterocycles. The van der Waals surface area contributed by atoms with Crippen LogP contribution in [0.25, 0.3) is 16.9 Å². The lowest BCUT2D eigenvalue weighted by atomic mass is 10.0. The number of nitrogens with one attached hydrogen (secondary N) is 1. The Kier molecular flexibility index (Phi) is 8.19. The van der Waals surface area contributed by atoms with Gasteiger partial charge in [-0.25, -0.2) is 4.98 Å². The number of nitrogens with zero attached hydrogens (tertiary/aromatic N) is 3. The standard InChI is InChI=1S/C30H30N4O4/c1-19(2)38-28-11-10-23(16-24(28)17-31)30(37)32-25(12-14-35)15-21-6-8-22(9-7-21)27-18-34-13-4-5-26(20(3)36)29(34)33-27/h4-11,13,16,18-19,25,35H,12,14-15H2,1-3H3,(H,32,37)/t25-/m1/s1. The van der Waals surface area contributed by atoms with Crippen molar-refractivity contribution >= 4 is 17.3 Å². The van der Waals surface area contributed by atoms with Crippen molar-refractivity contribution < 1.29 is 19.4 Å². The lowest BCUT2D eigenvalue weighted by Gasteiger charge is -2.19. The topological polar surface area (TPSA) is 117 Å². The molecule has 1 atom stereocenters. The molecule has 0 spiro atoms. The summed E-state index contributed by atoms with van der Waals surface area (Å²) < 4.78 is 7.48. The van der Waals surface area contributed by atoms with Crippen molar-refractivity contribution in [2.24, 2.45) is 0 Å². The summed E-state index contributed by atoms with van der Waals surface area (Å²) in [6.45, 7) is 5.19. The number of aromatic nitrogens is 2. The van der Waals surface area contributed by atoms with Gasteiger partial charge >= 0.3 is 0 Å². The number of carbonyl (C=O) groups excluding carboxylic acids is 2. The molecule has 0 saturated carbocycles. The van der Waals surface area contributed by atoms with Crippen molar-refractivity contribution in [2.45, 2.75) is 45.8 Å². The number of rotatable bonds is 10. The first-order valence-corrected chi connectivity index (χ1v) is 12.5. The Morgan fingerprint density at radius 1 is 1.16 bits per heavy atom. The molecule has 194 valence electrons. The molecule has 0 radical (unpaired) electrons. The fourth-order valence-corrected chi connectivity index (χ4v) is 4.29. The number of carbonyl (C=O) groups is 2. The molecule has 0 fully saturated rings. The molecule has 0 aliphatic carbocycles. The molecule has 2 aromatic carbocycles. The van der Waals surface area contributed by atoms with E-state index in [4.69, 9.17) is 4.74 Å². The summed E-state index contributed by atoms with van der Waals surface area (Å²) in [5, 5.41) is 22.0. The molecule has 0 aliphatic rings. The summed E-state index contributed by atoms with van der Waals surface area (Å²) in [5.41, 5.74) is 4.48. The molecule has 0 bridgehead atoms. The summed E-state index contributed by atoms with van der Waals surface area (Å²) in [7, 11) is 0. The van der Waals surface area contributed by atoms with Gasteiger partial charge in [-0.15, -0.1) is 0 Å². The van der Waals surface area contributed by atoms with Crippen molar-refractivity contribution in [3.8, 4) is 23.1 Å². The van der Waals surface area contributed by atoms with E-state index in [-0.39, 0.29) is 30.4 Å². The zero-order valence-corrected chi connectivity index (χ0v) is 21.6. The van der Waals surface area contributed by atoms with Gasteiger partial charge in [-0.3, -0.25) is 9.59 Å². The molecule has 2 N–H and O–H groups in total. The van der Waals surface area contributed by atoms with E-state index in [2.05, 4.69) is 16.4 Å². The number of amides is 1. The molecule has 8 heteroatoms. The Morgan fingerprint density at radius 3 is 2.58 bits per heavy atom. The molecule has 1 amide bonds. The molecule has 8 nitrogen and oxygen atoms in total. The van der Waals surface area contributed by atoms with Crippen molar-refractivity contribution in [3.05, 3.63) is 89.2 Å². The van der Waals surface area contributed by atoms with Gasteiger partial charge in [0, 0.05) is 36.2 Å². The van der Waals surface area contributed by atoms with E-state index in [0.717, 1.165) is 16.8 Å². The third-order valence-corrected chi connectivity index (χ3v) is 6.13. The van der Waals surface area contributed by atoms with Crippen molar-refractivity contribution in [1.29, 1.82) is 5.26 Å². The Labute approximate surface area is 221 Å². The zero-order valence-electron chi connectivity index (χ0n) is 21.6. The molecule has 0 unspecified atom stereocenters. The molecule has 4 aromatic rings. The highest BCUT2D eigenvalue weighted by Crippen LogP contribution is 2.23. The van der Waals surface area contributed by atoms with Crippen LogP contribution in [-0.2, 0) is 6.42 Å². The van der Waals surface area contributed by atoms with Gasteiger partial charge < -0.3 is 19.6 Å². The van der Waals surface area contributed by atoms with E-state index in [1.165, 1.54) is 13.0 Å². The van der Waals surface area contributed by atoms with Gasteiger partial charge in [0.1, 0.15) is 17.5 Å². The zero-order chi connectivity index (χ0) is 27.2. The van der Waals surface area contributed by atoms with Gasteiger partial charge in [0.25, 0.3) is 5.91 Å². The summed E-state index contributed by atoms with van der Waals surface area (Å²) in [4.78, 5) is 29.5. The number of benzene rings is 2. The van der Waals surface area contributed by atoms with Crippen molar-refractivity contribution in [3.63, 3.8) is 0 Å². The van der Waals surface area contributed by atoms with Crippen LogP contribution in [0.3, 0.4) is 0 Å². The minimum atomic E-state index is -0.321. The van der Waals surface area contributed by atoms with Crippen LogP contribution in [0.1, 0.15) is 59.0 Å². The largest absolute Gasteiger partial charge is 0.490 e. The second-order valence-corrected chi connectivity index (χ2v) is 9.41. The summed E-state index contributed by atoms with van der Waals surface area (Å²) in [5.74, 6) is 0.0802. The minimum Gasteiger partial charge on any atom is -0.490 e. The van der Waals surface area contributed by atoms with Crippen LogP contribution in [0.4, 0.5) is 0 Å². The van der Waals surface area contributed by atoms with Gasteiger partial charge in [0.15, 0.2) is 5.78 Å². The third-order valence-electron chi connectivity index (χ3n) is 6.13. The van der Waals surface area contributed by atoms with Crippen LogP contribution in [0.15, 0.2) is 67.0 Å². The molecule has 4 rings (SSSR count). The highest BCUT2D eigenvalue weighted by Gasteiger charge is 2.17. The van der Waals surface area contributed by atoms with Gasteiger partial charge in [-0.2, -0.15) is 5.26 Å². The van der Waals surface area contributed by atoms with Crippen LogP contribution >= 0.6 is 0 Å².